The van der Waals surface area contributed by atoms with Gasteiger partial charge in [0.25, 0.3) is 0 Å². The number of ether oxygens (including phenoxy) is 4. The number of hydrogen-bond acceptors (Lipinski definition) is 9. The van der Waals surface area contributed by atoms with Crippen molar-refractivity contribution < 1.29 is 18.9 Å². The van der Waals surface area contributed by atoms with Crippen LogP contribution in [0, 0.1) is 0 Å². The van der Waals surface area contributed by atoms with Gasteiger partial charge in [0, 0.05) is 11.5 Å². The molecule has 3 heterocycles. The third kappa shape index (κ3) is 3.80. The van der Waals surface area contributed by atoms with Gasteiger partial charge in [0.15, 0.2) is 31.7 Å². The first-order valence-electron chi connectivity index (χ1n) is 8.20. The fraction of sp³-hybridized carbons (Fsp3) is 0.222. The van der Waals surface area contributed by atoms with Crippen LogP contribution >= 0.6 is 34.9 Å². The van der Waals surface area contributed by atoms with E-state index in [0.29, 0.717) is 13.6 Å². The molecule has 2 aliphatic rings. The van der Waals surface area contributed by atoms with Crippen LogP contribution < -0.4 is 18.9 Å². The van der Waals surface area contributed by atoms with Crippen LogP contribution in [-0.4, -0.2) is 23.8 Å². The summed E-state index contributed by atoms with van der Waals surface area (Å²) in [5, 5.41) is 8.57. The van der Waals surface area contributed by atoms with Crippen LogP contribution in [0.2, 0.25) is 0 Å². The molecule has 5 rings (SSSR count). The Morgan fingerprint density at radius 3 is 1.70 bits per heavy atom. The molecular formula is C18H14N2O4S3. The molecule has 0 radical (unpaired) electrons. The molecule has 0 bridgehead atoms. The van der Waals surface area contributed by atoms with Gasteiger partial charge < -0.3 is 18.9 Å². The average Bonchev–Trinajstić information content (AvgIpc) is 3.44. The van der Waals surface area contributed by atoms with Gasteiger partial charge in [0.2, 0.25) is 13.6 Å². The molecule has 0 N–H and O–H groups in total. The maximum atomic E-state index is 5.42. The summed E-state index contributed by atoms with van der Waals surface area (Å²) in [5.74, 6) is 4.87. The summed E-state index contributed by atoms with van der Waals surface area (Å²) < 4.78 is 23.4. The van der Waals surface area contributed by atoms with Crippen LogP contribution in [-0.2, 0) is 11.5 Å². The number of hydrogen-bond donors (Lipinski definition) is 0. The highest BCUT2D eigenvalue weighted by molar-refractivity contribution is 8.02. The van der Waals surface area contributed by atoms with Gasteiger partial charge in [0.1, 0.15) is 0 Å². The van der Waals surface area contributed by atoms with Crippen LogP contribution in [0.25, 0.3) is 0 Å². The lowest BCUT2D eigenvalue weighted by atomic mass is 10.2. The minimum atomic E-state index is 0.298. The summed E-state index contributed by atoms with van der Waals surface area (Å²) in [6.07, 6.45) is 0. The molecule has 2 aromatic carbocycles. The summed E-state index contributed by atoms with van der Waals surface area (Å²) in [6.45, 7) is 0.596. The summed E-state index contributed by atoms with van der Waals surface area (Å²) in [4.78, 5) is 0. The Hall–Kier alpha value is -2.10. The summed E-state index contributed by atoms with van der Waals surface area (Å²) in [6, 6.07) is 12.0. The van der Waals surface area contributed by atoms with Gasteiger partial charge >= 0.3 is 0 Å². The van der Waals surface area contributed by atoms with Crippen molar-refractivity contribution in [1.82, 2.24) is 10.2 Å². The highest BCUT2D eigenvalue weighted by atomic mass is 32.2. The van der Waals surface area contributed by atoms with Gasteiger partial charge in [-0.25, -0.2) is 0 Å². The van der Waals surface area contributed by atoms with E-state index < -0.39 is 0 Å². The highest BCUT2D eigenvalue weighted by Gasteiger charge is 2.15. The first kappa shape index (κ1) is 17.0. The fourth-order valence-corrected chi connectivity index (χ4v) is 5.57. The lowest BCUT2D eigenvalue weighted by molar-refractivity contribution is 0.173. The van der Waals surface area contributed by atoms with E-state index in [0.717, 1.165) is 43.2 Å². The zero-order chi connectivity index (χ0) is 18.1. The third-order valence-corrected chi connectivity index (χ3v) is 7.32. The molecule has 1 aromatic heterocycles. The van der Waals surface area contributed by atoms with Crippen LogP contribution in [0.15, 0.2) is 45.1 Å². The number of benzene rings is 2. The molecule has 0 amide bonds. The van der Waals surface area contributed by atoms with E-state index in [-0.39, 0.29) is 0 Å². The number of rotatable bonds is 6. The maximum Gasteiger partial charge on any atom is 0.231 e. The van der Waals surface area contributed by atoms with Gasteiger partial charge in [0.05, 0.1) is 0 Å². The van der Waals surface area contributed by atoms with Crippen molar-refractivity contribution in [2.45, 2.75) is 20.2 Å². The first-order valence-corrected chi connectivity index (χ1v) is 11.0. The van der Waals surface area contributed by atoms with Crippen molar-refractivity contribution in [3.63, 3.8) is 0 Å². The smallest absolute Gasteiger partial charge is 0.231 e. The second-order valence-corrected chi connectivity index (χ2v) is 9.21. The van der Waals surface area contributed by atoms with Crippen molar-refractivity contribution in [1.29, 1.82) is 0 Å². The quantitative estimate of drug-likeness (QED) is 0.539. The van der Waals surface area contributed by atoms with E-state index in [1.54, 1.807) is 34.9 Å². The molecule has 2 aliphatic heterocycles. The van der Waals surface area contributed by atoms with Crippen molar-refractivity contribution in [2.24, 2.45) is 0 Å². The van der Waals surface area contributed by atoms with Crippen LogP contribution in [0.5, 0.6) is 23.0 Å². The largest absolute Gasteiger partial charge is 0.454 e. The van der Waals surface area contributed by atoms with Gasteiger partial charge in [-0.15, -0.1) is 10.2 Å². The summed E-state index contributed by atoms with van der Waals surface area (Å²) >= 11 is 4.97. The second-order valence-electron chi connectivity index (χ2n) is 5.79. The van der Waals surface area contributed by atoms with Crippen molar-refractivity contribution >= 4 is 34.9 Å². The Morgan fingerprint density at radius 1 is 0.704 bits per heavy atom. The highest BCUT2D eigenvalue weighted by Crippen LogP contribution is 2.37. The Balaban J connectivity index is 1.16. The Bertz CT molecular complexity index is 903. The lowest BCUT2D eigenvalue weighted by Gasteiger charge is -2.01. The number of thioether (sulfide) groups is 2. The van der Waals surface area contributed by atoms with Gasteiger partial charge in [-0.3, -0.25) is 0 Å². The molecule has 138 valence electrons. The molecule has 9 heteroatoms. The predicted octanol–water partition coefficient (Wildman–Crippen LogP) is 4.58. The predicted molar refractivity (Wildman–Crippen MR) is 104 cm³/mol. The molecule has 0 saturated carbocycles. The van der Waals surface area contributed by atoms with E-state index in [2.05, 4.69) is 22.3 Å². The second kappa shape index (κ2) is 7.49. The van der Waals surface area contributed by atoms with Crippen molar-refractivity contribution in [2.75, 3.05) is 13.6 Å². The monoisotopic (exact) mass is 418 g/mol. The normalized spacial score (nSPS) is 13.9. The minimum absolute atomic E-state index is 0.298. The van der Waals surface area contributed by atoms with E-state index in [4.69, 9.17) is 18.9 Å². The fourth-order valence-electron chi connectivity index (χ4n) is 2.67. The van der Waals surface area contributed by atoms with Crippen molar-refractivity contribution in [3.8, 4) is 23.0 Å². The average molecular weight is 419 g/mol. The first-order chi connectivity index (χ1) is 13.3. The number of fused-ring (bicyclic) bond motifs is 2. The molecule has 0 atom stereocenters. The topological polar surface area (TPSA) is 62.7 Å². The molecule has 3 aromatic rings. The Morgan fingerprint density at radius 2 is 1.19 bits per heavy atom. The van der Waals surface area contributed by atoms with E-state index in [9.17, 15) is 0 Å². The third-order valence-electron chi connectivity index (χ3n) is 3.99. The molecule has 0 spiro atoms. The minimum Gasteiger partial charge on any atom is -0.454 e. The van der Waals surface area contributed by atoms with Crippen molar-refractivity contribution in [3.05, 3.63) is 47.5 Å². The van der Waals surface area contributed by atoms with E-state index in [1.165, 1.54) is 11.1 Å². The van der Waals surface area contributed by atoms with Gasteiger partial charge in [-0.1, -0.05) is 47.0 Å². The summed E-state index contributed by atoms with van der Waals surface area (Å²) in [5.41, 5.74) is 2.35. The molecule has 0 unspecified atom stereocenters. The molecule has 0 saturated heterocycles. The number of aromatic nitrogens is 2. The standard InChI is InChI=1S/C18H14N2O4S3/c1-3-13-15(23-9-21-13)5-11(1)7-25-17-19-20-18(27-17)26-8-12-2-4-14-16(6-12)24-10-22-14/h1-6H,7-10H2. The Kier molecular flexibility index (Phi) is 4.73. The molecule has 27 heavy (non-hydrogen) atoms. The molecule has 0 fully saturated rings. The Labute approximate surface area is 168 Å². The molecular weight excluding hydrogens is 404 g/mol. The van der Waals surface area contributed by atoms with Gasteiger partial charge in [-0.05, 0) is 35.4 Å². The van der Waals surface area contributed by atoms with Gasteiger partial charge in [-0.2, -0.15) is 0 Å². The van der Waals surface area contributed by atoms with Crippen LogP contribution in [0.1, 0.15) is 11.1 Å². The molecule has 6 nitrogen and oxygen atoms in total. The SMILES string of the molecule is c1cc2c(cc1CSc1nnc(SCc3ccc4c(c3)OCO4)s1)OCO2. The summed E-state index contributed by atoms with van der Waals surface area (Å²) in [7, 11) is 0. The van der Waals surface area contributed by atoms with Crippen LogP contribution in [0.4, 0.5) is 0 Å². The maximum absolute atomic E-state index is 5.42. The van der Waals surface area contributed by atoms with E-state index in [1.807, 2.05) is 24.3 Å². The van der Waals surface area contributed by atoms with Crippen LogP contribution in [0.3, 0.4) is 0 Å². The number of nitrogens with zero attached hydrogens (tertiary/aromatic N) is 2. The zero-order valence-electron chi connectivity index (χ0n) is 14.0. The zero-order valence-corrected chi connectivity index (χ0v) is 16.5. The van der Waals surface area contributed by atoms with E-state index >= 15 is 0 Å². The lowest BCUT2D eigenvalue weighted by Crippen LogP contribution is -1.92. The molecule has 0 aliphatic carbocycles.